The number of rotatable bonds is 4. The topological polar surface area (TPSA) is 54.4 Å². The van der Waals surface area contributed by atoms with E-state index in [-0.39, 0.29) is 6.42 Å². The van der Waals surface area contributed by atoms with Crippen molar-refractivity contribution in [1.82, 2.24) is 0 Å². The van der Waals surface area contributed by atoms with Crippen molar-refractivity contribution in [3.63, 3.8) is 0 Å². The summed E-state index contributed by atoms with van der Waals surface area (Å²) in [6.07, 6.45) is 5.10. The van der Waals surface area contributed by atoms with E-state index in [0.29, 0.717) is 16.0 Å². The second-order valence-corrected chi connectivity index (χ2v) is 8.59. The van der Waals surface area contributed by atoms with Crippen molar-refractivity contribution in [2.45, 2.75) is 11.3 Å². The van der Waals surface area contributed by atoms with Gasteiger partial charge >= 0.3 is 5.97 Å². The molecule has 3 nitrogen and oxygen atoms in total. The van der Waals surface area contributed by atoms with E-state index in [4.69, 9.17) is 5.11 Å². The predicted molar refractivity (Wildman–Crippen MR) is 100 cm³/mol. The Balaban J connectivity index is 2.03. The van der Waals surface area contributed by atoms with Gasteiger partial charge in [0, 0.05) is 11.2 Å². The third-order valence-corrected chi connectivity index (χ3v) is 5.28. The Kier molecular flexibility index (Phi) is 4.35. The number of fused-ring (bicyclic) bond motifs is 1. The van der Waals surface area contributed by atoms with Crippen LogP contribution in [0.1, 0.15) is 23.1 Å². The number of carboxylic acids is 1. The summed E-state index contributed by atoms with van der Waals surface area (Å²) in [5, 5.41) is 9.06. The molecule has 25 heavy (non-hydrogen) atoms. The summed E-state index contributed by atoms with van der Waals surface area (Å²) < 4.78 is 25.5. The van der Waals surface area contributed by atoms with Gasteiger partial charge in [-0.15, -0.1) is 0 Å². The van der Waals surface area contributed by atoms with Gasteiger partial charge in [0.25, 0.3) is 0 Å². The molecule has 3 rings (SSSR count). The van der Waals surface area contributed by atoms with Crippen LogP contribution in [0.25, 0.3) is 17.2 Å². The smallest absolute Gasteiger partial charge is 0.307 e. The van der Waals surface area contributed by atoms with Gasteiger partial charge in [-0.1, -0.05) is 18.2 Å². The van der Waals surface area contributed by atoms with Crippen molar-refractivity contribution in [3.05, 3.63) is 71.0 Å². The van der Waals surface area contributed by atoms with Crippen LogP contribution < -0.4 is 0 Å². The van der Waals surface area contributed by atoms with Gasteiger partial charge in [-0.05, 0) is 79.6 Å². The minimum Gasteiger partial charge on any atom is -0.481 e. The fourth-order valence-corrected chi connectivity index (χ4v) is 3.55. The fourth-order valence-electron chi connectivity index (χ4n) is 2.84. The summed E-state index contributed by atoms with van der Waals surface area (Å²) in [6.45, 7) is 0. The van der Waals surface area contributed by atoms with Crippen molar-refractivity contribution in [1.29, 1.82) is 0 Å². The molecule has 1 N–H and O–H groups in total. The van der Waals surface area contributed by atoms with Crippen molar-refractivity contribution >= 4 is 38.6 Å². The normalized spacial score (nSPS) is 17.0. The molecule has 0 fully saturated rings. The van der Waals surface area contributed by atoms with Gasteiger partial charge in [-0.2, -0.15) is 0 Å². The number of aliphatic carboxylic acids is 1. The SMILES string of the molecule is C=S(C)(=O)c1ccc(/C=C2\C=C(CC(=O)O)c3cc(F)ccc32)cc1. The Hall–Kier alpha value is -2.66. The lowest BCUT2D eigenvalue weighted by molar-refractivity contribution is -0.135. The quantitative estimate of drug-likeness (QED) is 0.844. The van der Waals surface area contributed by atoms with E-state index in [1.807, 2.05) is 18.2 Å². The first kappa shape index (κ1) is 17.2. The van der Waals surface area contributed by atoms with E-state index in [1.54, 1.807) is 30.5 Å². The highest BCUT2D eigenvalue weighted by Gasteiger charge is 2.20. The van der Waals surface area contributed by atoms with Crippen LogP contribution in [-0.2, 0) is 14.3 Å². The molecule has 0 radical (unpaired) electrons. The standard InChI is InChI=1S/C20H17FO3S/c1-25(2,24)17-6-3-13(4-7-17)9-14-10-15(11-20(22)23)19-12-16(21)5-8-18(14)19/h3-10,12H,1,11H2,2H3,(H,22,23)/b14-9+. The number of carbonyl (C=O) groups is 1. The average molecular weight is 356 g/mol. The maximum absolute atomic E-state index is 13.6. The Morgan fingerprint density at radius 2 is 1.88 bits per heavy atom. The van der Waals surface area contributed by atoms with Crippen LogP contribution >= 0.6 is 0 Å². The van der Waals surface area contributed by atoms with E-state index < -0.39 is 21.3 Å². The third-order valence-electron chi connectivity index (χ3n) is 4.01. The van der Waals surface area contributed by atoms with Crippen molar-refractivity contribution < 1.29 is 18.5 Å². The summed E-state index contributed by atoms with van der Waals surface area (Å²) in [5.41, 5.74) is 3.70. The Morgan fingerprint density at radius 3 is 2.48 bits per heavy atom. The van der Waals surface area contributed by atoms with Crippen molar-refractivity contribution in [3.8, 4) is 0 Å². The van der Waals surface area contributed by atoms with Gasteiger partial charge in [0.2, 0.25) is 0 Å². The van der Waals surface area contributed by atoms with Gasteiger partial charge in [0.1, 0.15) is 5.82 Å². The molecule has 0 saturated heterocycles. The summed E-state index contributed by atoms with van der Waals surface area (Å²) in [5.74, 6) is 2.31. The first-order chi connectivity index (χ1) is 11.7. The molecule has 1 atom stereocenters. The van der Waals surface area contributed by atoms with Crippen molar-refractivity contribution in [2.24, 2.45) is 0 Å². The van der Waals surface area contributed by atoms with E-state index in [0.717, 1.165) is 16.7 Å². The van der Waals surface area contributed by atoms with Gasteiger partial charge in [-0.25, -0.2) is 4.39 Å². The summed E-state index contributed by atoms with van der Waals surface area (Å²) in [4.78, 5) is 11.7. The molecule has 0 saturated carbocycles. The molecule has 0 heterocycles. The number of hydrogen-bond acceptors (Lipinski definition) is 2. The highest BCUT2D eigenvalue weighted by molar-refractivity contribution is 7.99. The molecule has 5 heteroatoms. The van der Waals surface area contributed by atoms with E-state index in [2.05, 4.69) is 5.87 Å². The first-order valence-electron chi connectivity index (χ1n) is 7.61. The second kappa shape index (κ2) is 6.33. The van der Waals surface area contributed by atoms with E-state index in [1.165, 1.54) is 12.1 Å². The summed E-state index contributed by atoms with van der Waals surface area (Å²) in [7, 11) is -2.26. The van der Waals surface area contributed by atoms with Crippen LogP contribution in [0.15, 0.2) is 53.4 Å². The Bertz CT molecular complexity index is 1010. The lowest BCUT2D eigenvalue weighted by Crippen LogP contribution is -1.96. The maximum Gasteiger partial charge on any atom is 0.307 e. The van der Waals surface area contributed by atoms with Crippen LogP contribution in [0.4, 0.5) is 4.39 Å². The third kappa shape index (κ3) is 3.72. The number of halogens is 1. The molecule has 1 unspecified atom stereocenters. The van der Waals surface area contributed by atoms with Gasteiger partial charge in [-0.3, -0.25) is 9.00 Å². The zero-order chi connectivity index (χ0) is 18.2. The predicted octanol–water partition coefficient (Wildman–Crippen LogP) is 3.94. The molecule has 2 aromatic rings. The molecule has 128 valence electrons. The van der Waals surface area contributed by atoms with Crippen LogP contribution in [0.3, 0.4) is 0 Å². The average Bonchev–Trinajstić information content (AvgIpc) is 2.83. The van der Waals surface area contributed by atoms with E-state index >= 15 is 0 Å². The molecule has 0 bridgehead atoms. The molecule has 1 aliphatic rings. The molecule has 0 amide bonds. The minimum absolute atomic E-state index is 0.161. The Morgan fingerprint density at radius 1 is 1.20 bits per heavy atom. The molecule has 2 aromatic carbocycles. The Labute approximate surface area is 146 Å². The molecular formula is C20H17FO3S. The van der Waals surface area contributed by atoms with Gasteiger partial charge < -0.3 is 5.11 Å². The van der Waals surface area contributed by atoms with Crippen molar-refractivity contribution in [2.75, 3.05) is 6.26 Å². The first-order valence-corrected chi connectivity index (χ1v) is 9.74. The molecular weight excluding hydrogens is 339 g/mol. The zero-order valence-corrected chi connectivity index (χ0v) is 14.5. The lowest BCUT2D eigenvalue weighted by atomic mass is 10.0. The number of benzene rings is 2. The van der Waals surface area contributed by atoms with Crippen LogP contribution in [0, 0.1) is 5.82 Å². The largest absolute Gasteiger partial charge is 0.481 e. The van der Waals surface area contributed by atoms with Crippen LogP contribution in [-0.4, -0.2) is 27.4 Å². The molecule has 0 aromatic heterocycles. The number of carboxylic acid groups (broad SMARTS) is 1. The van der Waals surface area contributed by atoms with Gasteiger partial charge in [0.05, 0.1) is 6.42 Å². The van der Waals surface area contributed by atoms with Crippen LogP contribution in [0.2, 0.25) is 0 Å². The second-order valence-electron chi connectivity index (χ2n) is 6.10. The maximum atomic E-state index is 13.6. The summed E-state index contributed by atoms with van der Waals surface area (Å²) in [6, 6.07) is 11.6. The highest BCUT2D eigenvalue weighted by Crippen LogP contribution is 2.38. The fraction of sp³-hybridized carbons (Fsp3) is 0.100. The highest BCUT2D eigenvalue weighted by atomic mass is 32.2. The zero-order valence-electron chi connectivity index (χ0n) is 13.7. The van der Waals surface area contributed by atoms with Crippen LogP contribution in [0.5, 0.6) is 0 Å². The monoisotopic (exact) mass is 356 g/mol. The number of allylic oxidation sites excluding steroid dienone is 2. The molecule has 1 aliphatic carbocycles. The minimum atomic E-state index is -2.26. The van der Waals surface area contributed by atoms with Gasteiger partial charge in [0.15, 0.2) is 0 Å². The molecule has 0 aliphatic heterocycles. The van der Waals surface area contributed by atoms with E-state index in [9.17, 15) is 13.4 Å². The summed E-state index contributed by atoms with van der Waals surface area (Å²) >= 11 is 0. The lowest BCUT2D eigenvalue weighted by Gasteiger charge is -2.05. The molecule has 0 spiro atoms. The number of hydrogen-bond donors (Lipinski definition) is 1.